The lowest BCUT2D eigenvalue weighted by atomic mass is 10.2. The molecule has 0 atom stereocenters. The van der Waals surface area contributed by atoms with E-state index in [-0.39, 0.29) is 22.5 Å². The number of nitrogens with one attached hydrogen (secondary N) is 1. The summed E-state index contributed by atoms with van der Waals surface area (Å²) < 4.78 is 2.28. The first kappa shape index (κ1) is 17.0. The van der Waals surface area contributed by atoms with Crippen LogP contribution in [0.4, 0.5) is 0 Å². The van der Waals surface area contributed by atoms with Crippen molar-refractivity contribution in [2.24, 2.45) is 14.1 Å². The van der Waals surface area contributed by atoms with Crippen LogP contribution in [-0.2, 0) is 20.5 Å². The van der Waals surface area contributed by atoms with E-state index in [4.69, 9.17) is 0 Å². The van der Waals surface area contributed by atoms with Crippen molar-refractivity contribution < 1.29 is 4.79 Å². The zero-order chi connectivity index (χ0) is 18.1. The van der Waals surface area contributed by atoms with Crippen LogP contribution in [0.1, 0.15) is 21.1 Å². The molecule has 0 radical (unpaired) electrons. The molecule has 0 aromatic carbocycles. The number of aryl methyl sites for hydroxylation is 2. The Balaban J connectivity index is 1.82. The van der Waals surface area contributed by atoms with Gasteiger partial charge in [0, 0.05) is 38.6 Å². The molecule has 130 valence electrons. The van der Waals surface area contributed by atoms with Gasteiger partial charge in [-0.25, -0.2) is 14.8 Å². The number of carbonyl (C=O) groups is 1. The maximum absolute atomic E-state index is 12.3. The van der Waals surface area contributed by atoms with Crippen molar-refractivity contribution in [1.82, 2.24) is 24.4 Å². The Hall–Kier alpha value is -2.81. The lowest BCUT2D eigenvalue weighted by molar-refractivity contribution is 0.0954. The molecular weight excluding hydrogens is 342 g/mol. The van der Waals surface area contributed by atoms with Crippen LogP contribution in [0.25, 0.3) is 11.0 Å². The Morgan fingerprint density at radius 2 is 2.04 bits per heavy atom. The van der Waals surface area contributed by atoms with E-state index in [1.165, 1.54) is 30.9 Å². The molecule has 0 aliphatic rings. The molecule has 1 N–H and O–H groups in total. The minimum absolute atomic E-state index is 0.229. The zero-order valence-electron chi connectivity index (χ0n) is 14.1. The van der Waals surface area contributed by atoms with Gasteiger partial charge in [0.05, 0.1) is 21.7 Å². The van der Waals surface area contributed by atoms with Crippen LogP contribution in [0.2, 0.25) is 0 Å². The molecule has 8 nitrogen and oxygen atoms in total. The van der Waals surface area contributed by atoms with E-state index in [0.717, 1.165) is 15.3 Å². The van der Waals surface area contributed by atoms with Gasteiger partial charge in [0.25, 0.3) is 11.5 Å². The van der Waals surface area contributed by atoms with Crippen molar-refractivity contribution in [3.05, 3.63) is 54.7 Å². The maximum Gasteiger partial charge on any atom is 0.332 e. The van der Waals surface area contributed by atoms with Crippen LogP contribution in [-0.4, -0.2) is 31.6 Å². The van der Waals surface area contributed by atoms with Gasteiger partial charge in [-0.1, -0.05) is 0 Å². The molecule has 3 aromatic rings. The van der Waals surface area contributed by atoms with E-state index in [0.29, 0.717) is 13.0 Å². The largest absolute Gasteiger partial charge is 0.352 e. The highest BCUT2D eigenvalue weighted by atomic mass is 32.1. The number of thiazole rings is 1. The fraction of sp³-hybridized carbons (Fsp3) is 0.312. The van der Waals surface area contributed by atoms with E-state index in [2.05, 4.69) is 15.3 Å². The highest BCUT2D eigenvalue weighted by Gasteiger charge is 2.13. The van der Waals surface area contributed by atoms with Gasteiger partial charge in [-0.3, -0.25) is 18.7 Å². The van der Waals surface area contributed by atoms with Crippen LogP contribution < -0.4 is 16.6 Å². The molecule has 25 heavy (non-hydrogen) atoms. The number of aromatic nitrogens is 4. The number of hydrogen-bond acceptors (Lipinski definition) is 6. The standard InChI is InChI=1S/C16H17N5O3S/c1-9-19-11(8-25-9)4-5-17-14(22)10-6-12-13(18-7-10)20(2)16(24)21(3)15(12)23/h6-8H,4-5H2,1-3H3,(H,17,22). The van der Waals surface area contributed by atoms with Crippen LogP contribution in [0.15, 0.2) is 27.2 Å². The second kappa shape index (κ2) is 6.60. The molecule has 0 bridgehead atoms. The predicted molar refractivity (Wildman–Crippen MR) is 95.1 cm³/mol. The summed E-state index contributed by atoms with van der Waals surface area (Å²) >= 11 is 1.57. The van der Waals surface area contributed by atoms with Gasteiger partial charge >= 0.3 is 5.69 Å². The average molecular weight is 359 g/mol. The lowest BCUT2D eigenvalue weighted by Gasteiger charge is -2.08. The van der Waals surface area contributed by atoms with Gasteiger partial charge in [-0.05, 0) is 13.0 Å². The van der Waals surface area contributed by atoms with Gasteiger partial charge in [0.2, 0.25) is 0 Å². The number of carbonyl (C=O) groups excluding carboxylic acids is 1. The van der Waals surface area contributed by atoms with Gasteiger partial charge < -0.3 is 5.32 Å². The van der Waals surface area contributed by atoms with Gasteiger partial charge in [-0.15, -0.1) is 11.3 Å². The maximum atomic E-state index is 12.3. The van der Waals surface area contributed by atoms with Gasteiger partial charge in [-0.2, -0.15) is 0 Å². The third-order valence-corrected chi connectivity index (χ3v) is 4.71. The Morgan fingerprint density at radius 1 is 1.28 bits per heavy atom. The number of hydrogen-bond donors (Lipinski definition) is 1. The fourth-order valence-corrected chi connectivity index (χ4v) is 3.17. The summed E-state index contributed by atoms with van der Waals surface area (Å²) in [5, 5.41) is 5.97. The highest BCUT2D eigenvalue weighted by molar-refractivity contribution is 7.09. The molecule has 3 rings (SSSR count). The molecule has 9 heteroatoms. The zero-order valence-corrected chi connectivity index (χ0v) is 14.9. The molecular formula is C16H17N5O3S. The third kappa shape index (κ3) is 3.22. The number of pyridine rings is 1. The first-order chi connectivity index (χ1) is 11.9. The van der Waals surface area contributed by atoms with Crippen molar-refractivity contribution in [2.75, 3.05) is 6.54 Å². The summed E-state index contributed by atoms with van der Waals surface area (Å²) in [6.07, 6.45) is 2.00. The van der Waals surface area contributed by atoms with Crippen LogP contribution >= 0.6 is 11.3 Å². The summed E-state index contributed by atoms with van der Waals surface area (Å²) in [5.74, 6) is -0.322. The lowest BCUT2D eigenvalue weighted by Crippen LogP contribution is -2.37. The molecule has 0 saturated heterocycles. The molecule has 0 unspecified atom stereocenters. The van der Waals surface area contributed by atoms with Crippen LogP contribution in [0, 0.1) is 6.92 Å². The summed E-state index contributed by atoms with van der Waals surface area (Å²) in [5.41, 5.74) is 0.530. The Morgan fingerprint density at radius 3 is 2.72 bits per heavy atom. The van der Waals surface area contributed by atoms with E-state index >= 15 is 0 Å². The predicted octanol–water partition coefficient (Wildman–Crippen LogP) is 0.370. The van der Waals surface area contributed by atoms with Crippen LogP contribution in [0.3, 0.4) is 0 Å². The Bertz CT molecular complexity index is 1080. The second-order valence-electron chi connectivity index (χ2n) is 5.66. The number of fused-ring (bicyclic) bond motifs is 1. The number of nitrogens with zero attached hydrogens (tertiary/aromatic N) is 4. The van der Waals surface area contributed by atoms with E-state index in [1.807, 2.05) is 12.3 Å². The van der Waals surface area contributed by atoms with E-state index in [1.54, 1.807) is 11.3 Å². The summed E-state index contributed by atoms with van der Waals surface area (Å²) in [4.78, 5) is 44.9. The SMILES string of the molecule is Cc1nc(CCNC(=O)c2cnc3c(c2)c(=O)n(C)c(=O)n3C)cs1. The molecule has 0 fully saturated rings. The van der Waals surface area contributed by atoms with Crippen molar-refractivity contribution in [3.8, 4) is 0 Å². The molecule has 0 spiro atoms. The van der Waals surface area contributed by atoms with Crippen molar-refractivity contribution >= 4 is 28.3 Å². The van der Waals surface area contributed by atoms with Gasteiger partial charge in [0.1, 0.15) is 5.65 Å². The minimum atomic E-state index is -0.474. The molecule has 1 amide bonds. The molecule has 0 aliphatic carbocycles. The topological polar surface area (TPSA) is 98.9 Å². The minimum Gasteiger partial charge on any atom is -0.352 e. The fourth-order valence-electron chi connectivity index (χ4n) is 2.52. The van der Waals surface area contributed by atoms with Crippen molar-refractivity contribution in [2.45, 2.75) is 13.3 Å². The normalized spacial score (nSPS) is 11.0. The molecule has 0 saturated carbocycles. The van der Waals surface area contributed by atoms with Crippen molar-refractivity contribution in [3.63, 3.8) is 0 Å². The smallest absolute Gasteiger partial charge is 0.332 e. The summed E-state index contributed by atoms with van der Waals surface area (Å²) in [6.45, 7) is 2.37. The first-order valence-corrected chi connectivity index (χ1v) is 8.51. The molecule has 3 aromatic heterocycles. The number of rotatable bonds is 4. The summed E-state index contributed by atoms with van der Waals surface area (Å²) in [7, 11) is 2.93. The second-order valence-corrected chi connectivity index (χ2v) is 6.73. The Labute approximate surface area is 146 Å². The monoisotopic (exact) mass is 359 g/mol. The van der Waals surface area contributed by atoms with Gasteiger partial charge in [0.15, 0.2) is 0 Å². The average Bonchev–Trinajstić information content (AvgIpc) is 3.02. The van der Waals surface area contributed by atoms with E-state index < -0.39 is 11.2 Å². The summed E-state index contributed by atoms with van der Waals surface area (Å²) in [6, 6.07) is 1.46. The van der Waals surface area contributed by atoms with Crippen LogP contribution in [0.5, 0.6) is 0 Å². The highest BCUT2D eigenvalue weighted by Crippen LogP contribution is 2.09. The molecule has 0 aliphatic heterocycles. The third-order valence-electron chi connectivity index (χ3n) is 3.89. The quantitative estimate of drug-likeness (QED) is 0.726. The number of amides is 1. The van der Waals surface area contributed by atoms with Crippen molar-refractivity contribution in [1.29, 1.82) is 0 Å². The first-order valence-electron chi connectivity index (χ1n) is 7.63. The molecule has 3 heterocycles. The Kier molecular flexibility index (Phi) is 4.49. The van der Waals surface area contributed by atoms with E-state index in [9.17, 15) is 14.4 Å².